The van der Waals surface area contributed by atoms with Crippen LogP contribution in [0.25, 0.3) is 0 Å². The third-order valence-corrected chi connectivity index (χ3v) is 4.78. The van der Waals surface area contributed by atoms with E-state index in [2.05, 4.69) is 27.7 Å². The van der Waals surface area contributed by atoms with Gasteiger partial charge in [0, 0.05) is 29.9 Å². The Balaban J connectivity index is 1.50. The number of carbonyl (C=O) groups is 1. The smallest absolute Gasteiger partial charge is 0.221 e. The third-order valence-electron chi connectivity index (χ3n) is 3.80. The van der Waals surface area contributed by atoms with E-state index in [4.69, 9.17) is 0 Å². The zero-order chi connectivity index (χ0) is 12.4. The Morgan fingerprint density at radius 3 is 3.06 bits per heavy atom. The van der Waals surface area contributed by atoms with E-state index in [1.54, 1.807) is 0 Å². The molecule has 2 aliphatic rings. The molecule has 2 heterocycles. The van der Waals surface area contributed by atoms with E-state index in [1.807, 2.05) is 11.3 Å². The summed E-state index contributed by atoms with van der Waals surface area (Å²) in [4.78, 5) is 15.6. The van der Waals surface area contributed by atoms with Crippen molar-refractivity contribution in [3.8, 4) is 0 Å². The second kappa shape index (κ2) is 5.41. The van der Waals surface area contributed by atoms with Crippen LogP contribution >= 0.6 is 11.3 Å². The average Bonchev–Trinajstić information content (AvgIpc) is 2.86. The van der Waals surface area contributed by atoms with Crippen LogP contribution in [0.4, 0.5) is 0 Å². The van der Waals surface area contributed by atoms with Gasteiger partial charge in [0.05, 0.1) is 0 Å². The molecule has 4 heteroatoms. The highest BCUT2D eigenvalue weighted by atomic mass is 32.1. The van der Waals surface area contributed by atoms with Crippen LogP contribution < -0.4 is 5.32 Å². The van der Waals surface area contributed by atoms with Crippen LogP contribution in [0.15, 0.2) is 17.5 Å². The summed E-state index contributed by atoms with van der Waals surface area (Å²) in [6.45, 7) is 2.04. The minimum Gasteiger partial charge on any atom is -0.353 e. The number of amides is 1. The molecule has 0 unspecified atom stereocenters. The highest BCUT2D eigenvalue weighted by Crippen LogP contribution is 2.34. The lowest BCUT2D eigenvalue weighted by molar-refractivity contribution is -0.121. The lowest BCUT2D eigenvalue weighted by Crippen LogP contribution is -2.31. The second-order valence-electron chi connectivity index (χ2n) is 5.30. The topological polar surface area (TPSA) is 32.3 Å². The molecule has 0 aromatic carbocycles. The van der Waals surface area contributed by atoms with E-state index in [-0.39, 0.29) is 5.91 Å². The molecule has 0 bridgehead atoms. The number of thiophene rings is 1. The standard InChI is InChI=1S/C14H20N2OS/c17-14(15-11-5-6-11)7-9-16-8-1-3-12(16)13-4-2-10-18-13/h2,4,10-12H,1,3,5-9H2,(H,15,17)/t12-/m1/s1. The van der Waals surface area contributed by atoms with Crippen molar-refractivity contribution in [1.29, 1.82) is 0 Å². The molecule has 1 N–H and O–H groups in total. The Morgan fingerprint density at radius 2 is 2.33 bits per heavy atom. The van der Waals surface area contributed by atoms with Crippen LogP contribution in [0, 0.1) is 0 Å². The first-order valence-electron chi connectivity index (χ1n) is 6.90. The van der Waals surface area contributed by atoms with E-state index < -0.39 is 0 Å². The predicted octanol–water partition coefficient (Wildman–Crippen LogP) is 2.55. The molecule has 0 radical (unpaired) electrons. The zero-order valence-corrected chi connectivity index (χ0v) is 11.4. The molecule has 1 saturated heterocycles. The molecule has 3 rings (SSSR count). The molecule has 3 nitrogen and oxygen atoms in total. The molecule has 18 heavy (non-hydrogen) atoms. The Labute approximate surface area is 112 Å². The van der Waals surface area contributed by atoms with Crippen molar-refractivity contribution in [2.75, 3.05) is 13.1 Å². The molecule has 1 aromatic heterocycles. The third kappa shape index (κ3) is 2.93. The van der Waals surface area contributed by atoms with Gasteiger partial charge in [0.25, 0.3) is 0 Å². The first kappa shape index (κ1) is 12.2. The minimum absolute atomic E-state index is 0.231. The van der Waals surface area contributed by atoms with Crippen molar-refractivity contribution in [1.82, 2.24) is 10.2 Å². The molecule has 1 aliphatic heterocycles. The fraction of sp³-hybridized carbons (Fsp3) is 0.643. The summed E-state index contributed by atoms with van der Waals surface area (Å²) in [5, 5.41) is 5.21. The van der Waals surface area contributed by atoms with Gasteiger partial charge in [-0.1, -0.05) is 6.07 Å². The zero-order valence-electron chi connectivity index (χ0n) is 10.6. The predicted molar refractivity (Wildman–Crippen MR) is 73.6 cm³/mol. The van der Waals surface area contributed by atoms with Gasteiger partial charge in [-0.15, -0.1) is 11.3 Å². The molecule has 1 aliphatic carbocycles. The molecule has 1 atom stereocenters. The van der Waals surface area contributed by atoms with E-state index in [0.717, 1.165) is 13.1 Å². The lowest BCUT2D eigenvalue weighted by Gasteiger charge is -2.23. The van der Waals surface area contributed by atoms with E-state index in [0.29, 0.717) is 18.5 Å². The van der Waals surface area contributed by atoms with E-state index >= 15 is 0 Å². The Hall–Kier alpha value is -0.870. The molecule has 1 saturated carbocycles. The maximum absolute atomic E-state index is 11.7. The van der Waals surface area contributed by atoms with Gasteiger partial charge in [-0.3, -0.25) is 9.69 Å². The van der Waals surface area contributed by atoms with Crippen LogP contribution in [0.2, 0.25) is 0 Å². The summed E-state index contributed by atoms with van der Waals surface area (Å²) >= 11 is 1.84. The highest BCUT2D eigenvalue weighted by molar-refractivity contribution is 7.10. The van der Waals surface area contributed by atoms with Crippen molar-refractivity contribution >= 4 is 17.2 Å². The summed E-state index contributed by atoms with van der Waals surface area (Å²) in [5.74, 6) is 0.231. The molecule has 2 fully saturated rings. The molecule has 1 aromatic rings. The molecule has 98 valence electrons. The van der Waals surface area contributed by atoms with E-state index in [1.165, 1.54) is 30.6 Å². The lowest BCUT2D eigenvalue weighted by atomic mass is 10.2. The van der Waals surface area contributed by atoms with Crippen LogP contribution in [-0.2, 0) is 4.79 Å². The van der Waals surface area contributed by atoms with E-state index in [9.17, 15) is 4.79 Å². The van der Waals surface area contributed by atoms with Gasteiger partial charge in [-0.05, 0) is 43.7 Å². The first-order chi connectivity index (χ1) is 8.83. The normalized spacial score (nSPS) is 24.3. The van der Waals surface area contributed by atoms with Gasteiger partial charge < -0.3 is 5.32 Å². The van der Waals surface area contributed by atoms with Crippen LogP contribution in [0.3, 0.4) is 0 Å². The van der Waals surface area contributed by atoms with Crippen molar-refractivity contribution in [2.45, 2.75) is 44.2 Å². The quantitative estimate of drug-likeness (QED) is 0.886. The van der Waals surface area contributed by atoms with Crippen molar-refractivity contribution in [3.63, 3.8) is 0 Å². The number of nitrogens with one attached hydrogen (secondary N) is 1. The van der Waals surface area contributed by atoms with Gasteiger partial charge in [-0.25, -0.2) is 0 Å². The maximum Gasteiger partial charge on any atom is 0.221 e. The molecule has 1 amide bonds. The van der Waals surface area contributed by atoms with Gasteiger partial charge in [-0.2, -0.15) is 0 Å². The molecular weight excluding hydrogens is 244 g/mol. The maximum atomic E-state index is 11.7. The van der Waals surface area contributed by atoms with Crippen molar-refractivity contribution < 1.29 is 4.79 Å². The molecule has 0 spiro atoms. The van der Waals surface area contributed by atoms with Gasteiger partial charge in [0.1, 0.15) is 0 Å². The van der Waals surface area contributed by atoms with Crippen LogP contribution in [0.1, 0.15) is 43.0 Å². The van der Waals surface area contributed by atoms with Gasteiger partial charge >= 0.3 is 0 Å². The van der Waals surface area contributed by atoms with Crippen LogP contribution in [0.5, 0.6) is 0 Å². The number of carbonyl (C=O) groups excluding carboxylic acids is 1. The van der Waals surface area contributed by atoms with Crippen molar-refractivity contribution in [2.24, 2.45) is 0 Å². The average molecular weight is 264 g/mol. The Morgan fingerprint density at radius 1 is 1.44 bits per heavy atom. The summed E-state index contributed by atoms with van der Waals surface area (Å²) < 4.78 is 0. The van der Waals surface area contributed by atoms with Crippen LogP contribution in [-0.4, -0.2) is 29.9 Å². The fourth-order valence-corrected chi connectivity index (χ4v) is 3.56. The SMILES string of the molecule is O=C(CCN1CCC[C@@H]1c1cccs1)NC1CC1. The van der Waals surface area contributed by atoms with Crippen molar-refractivity contribution in [3.05, 3.63) is 22.4 Å². The molecular formula is C14H20N2OS. The summed E-state index contributed by atoms with van der Waals surface area (Å²) in [7, 11) is 0. The highest BCUT2D eigenvalue weighted by Gasteiger charge is 2.28. The van der Waals surface area contributed by atoms with Gasteiger partial charge in [0.2, 0.25) is 5.91 Å². The number of hydrogen-bond donors (Lipinski definition) is 1. The monoisotopic (exact) mass is 264 g/mol. The fourth-order valence-electron chi connectivity index (χ4n) is 2.67. The number of rotatable bonds is 5. The minimum atomic E-state index is 0.231. The van der Waals surface area contributed by atoms with Gasteiger partial charge in [0.15, 0.2) is 0 Å². The number of hydrogen-bond acceptors (Lipinski definition) is 3. The Kier molecular flexibility index (Phi) is 3.66. The summed E-state index contributed by atoms with van der Waals surface area (Å²) in [6, 6.07) is 5.39. The summed E-state index contributed by atoms with van der Waals surface area (Å²) in [6.07, 6.45) is 5.50. The first-order valence-corrected chi connectivity index (χ1v) is 7.78. The second-order valence-corrected chi connectivity index (χ2v) is 6.28. The largest absolute Gasteiger partial charge is 0.353 e. The Bertz CT molecular complexity index is 400. The summed E-state index contributed by atoms with van der Waals surface area (Å²) in [5.41, 5.74) is 0. The number of nitrogens with zero attached hydrogens (tertiary/aromatic N) is 1. The number of likely N-dealkylation sites (tertiary alicyclic amines) is 1.